The van der Waals surface area contributed by atoms with Gasteiger partial charge < -0.3 is 10.1 Å². The van der Waals surface area contributed by atoms with E-state index in [0.717, 1.165) is 25.1 Å². The average molecular weight is 291 g/mol. The fraction of sp³-hybridized carbons (Fsp3) is 0.438. The highest BCUT2D eigenvalue weighted by Gasteiger charge is 2.22. The molecule has 4 nitrogen and oxygen atoms in total. The van der Waals surface area contributed by atoms with Crippen LogP contribution >= 0.6 is 0 Å². The third-order valence-electron chi connectivity index (χ3n) is 3.43. The zero-order chi connectivity index (χ0) is 15.2. The summed E-state index contributed by atoms with van der Waals surface area (Å²) in [5.74, 6) is 0.278. The lowest BCUT2D eigenvalue weighted by Crippen LogP contribution is -2.24. The van der Waals surface area contributed by atoms with Crippen LogP contribution in [0.15, 0.2) is 30.6 Å². The Morgan fingerprint density at radius 2 is 2.19 bits per heavy atom. The van der Waals surface area contributed by atoms with Gasteiger partial charge in [0.25, 0.3) is 0 Å². The van der Waals surface area contributed by atoms with Gasteiger partial charge in [-0.05, 0) is 32.0 Å². The van der Waals surface area contributed by atoms with Gasteiger partial charge in [-0.1, -0.05) is 13.0 Å². The van der Waals surface area contributed by atoms with Crippen LogP contribution in [0, 0.1) is 5.82 Å². The molecule has 0 spiro atoms. The molecule has 1 aromatic carbocycles. The summed E-state index contributed by atoms with van der Waals surface area (Å²) < 4.78 is 21.5. The summed E-state index contributed by atoms with van der Waals surface area (Å²) in [6.07, 6.45) is 4.69. The second-order valence-electron chi connectivity index (χ2n) is 4.87. The number of nitrogens with one attached hydrogen (secondary N) is 1. The lowest BCUT2D eigenvalue weighted by Gasteiger charge is -2.20. The molecule has 0 aliphatic heterocycles. The topological polar surface area (TPSA) is 39.1 Å². The van der Waals surface area contributed by atoms with Crippen molar-refractivity contribution in [2.24, 2.45) is 0 Å². The van der Waals surface area contributed by atoms with Crippen LogP contribution in [0.1, 0.15) is 37.4 Å². The Morgan fingerprint density at radius 3 is 2.81 bits per heavy atom. The number of nitrogens with zero attached hydrogens (tertiary/aromatic N) is 2. The predicted octanol–water partition coefficient (Wildman–Crippen LogP) is 3.14. The quantitative estimate of drug-likeness (QED) is 0.852. The van der Waals surface area contributed by atoms with Gasteiger partial charge in [-0.15, -0.1) is 0 Å². The molecule has 114 valence electrons. The van der Waals surface area contributed by atoms with Crippen molar-refractivity contribution in [1.82, 2.24) is 15.1 Å². The lowest BCUT2D eigenvalue weighted by atomic mass is 9.99. The fourth-order valence-corrected chi connectivity index (χ4v) is 2.35. The SMILES string of the molecule is CCCNC(c1cnn(CC)c1)c1c(F)cccc1OC. The third kappa shape index (κ3) is 3.42. The Labute approximate surface area is 124 Å². The lowest BCUT2D eigenvalue weighted by molar-refractivity contribution is 0.396. The molecule has 0 amide bonds. The van der Waals surface area contributed by atoms with E-state index in [0.29, 0.717) is 11.3 Å². The molecule has 0 bridgehead atoms. The maximum absolute atomic E-state index is 14.3. The van der Waals surface area contributed by atoms with Crippen LogP contribution in [0.25, 0.3) is 0 Å². The zero-order valence-electron chi connectivity index (χ0n) is 12.8. The van der Waals surface area contributed by atoms with Crippen LogP contribution in [-0.4, -0.2) is 23.4 Å². The van der Waals surface area contributed by atoms with Gasteiger partial charge in [-0.3, -0.25) is 4.68 Å². The number of hydrogen-bond donors (Lipinski definition) is 1. The van der Waals surface area contributed by atoms with E-state index in [2.05, 4.69) is 17.3 Å². The number of aromatic nitrogens is 2. The van der Waals surface area contributed by atoms with Gasteiger partial charge in [0, 0.05) is 18.3 Å². The van der Waals surface area contributed by atoms with Crippen molar-refractivity contribution in [2.75, 3.05) is 13.7 Å². The van der Waals surface area contributed by atoms with Crippen LogP contribution in [0.5, 0.6) is 5.75 Å². The van der Waals surface area contributed by atoms with Crippen molar-refractivity contribution in [3.05, 3.63) is 47.5 Å². The molecule has 1 atom stereocenters. The first-order valence-corrected chi connectivity index (χ1v) is 7.29. The van der Waals surface area contributed by atoms with E-state index in [-0.39, 0.29) is 11.9 Å². The number of methoxy groups -OCH3 is 1. The summed E-state index contributed by atoms with van der Waals surface area (Å²) in [5, 5.41) is 7.67. The first kappa shape index (κ1) is 15.5. The molecule has 2 aromatic rings. The van der Waals surface area contributed by atoms with E-state index in [1.54, 1.807) is 25.4 Å². The molecule has 5 heteroatoms. The van der Waals surface area contributed by atoms with Gasteiger partial charge >= 0.3 is 0 Å². The second kappa shape index (κ2) is 7.22. The van der Waals surface area contributed by atoms with Crippen molar-refractivity contribution in [3.63, 3.8) is 0 Å². The summed E-state index contributed by atoms with van der Waals surface area (Å²) in [5.41, 5.74) is 1.47. The van der Waals surface area contributed by atoms with Crippen molar-refractivity contribution in [2.45, 2.75) is 32.9 Å². The minimum absolute atomic E-state index is 0.263. The molecule has 0 aliphatic rings. The van der Waals surface area contributed by atoms with Crippen molar-refractivity contribution in [1.29, 1.82) is 0 Å². The summed E-state index contributed by atoms with van der Waals surface area (Å²) in [4.78, 5) is 0. The van der Waals surface area contributed by atoms with Gasteiger partial charge in [-0.25, -0.2) is 4.39 Å². The Hall–Kier alpha value is -1.88. The van der Waals surface area contributed by atoms with Crippen molar-refractivity contribution in [3.8, 4) is 5.75 Å². The second-order valence-corrected chi connectivity index (χ2v) is 4.87. The van der Waals surface area contributed by atoms with E-state index in [1.807, 2.05) is 17.8 Å². The first-order chi connectivity index (χ1) is 10.2. The molecule has 1 unspecified atom stereocenters. The van der Waals surface area contributed by atoms with E-state index < -0.39 is 0 Å². The number of rotatable bonds is 7. The van der Waals surface area contributed by atoms with Gasteiger partial charge in [-0.2, -0.15) is 5.10 Å². The molecule has 0 fully saturated rings. The van der Waals surface area contributed by atoms with Crippen LogP contribution in [-0.2, 0) is 6.54 Å². The number of benzene rings is 1. The van der Waals surface area contributed by atoms with Crippen LogP contribution in [0.3, 0.4) is 0 Å². The molecular formula is C16H22FN3O. The minimum Gasteiger partial charge on any atom is -0.496 e. The maximum Gasteiger partial charge on any atom is 0.132 e. The average Bonchev–Trinajstić information content (AvgIpc) is 2.97. The smallest absolute Gasteiger partial charge is 0.132 e. The molecule has 2 rings (SSSR count). The Bertz CT molecular complexity index is 583. The van der Waals surface area contributed by atoms with Crippen molar-refractivity contribution >= 4 is 0 Å². The number of hydrogen-bond acceptors (Lipinski definition) is 3. The van der Waals surface area contributed by atoms with Gasteiger partial charge in [0.2, 0.25) is 0 Å². The normalized spacial score (nSPS) is 12.4. The van der Waals surface area contributed by atoms with Gasteiger partial charge in [0.15, 0.2) is 0 Å². The monoisotopic (exact) mass is 291 g/mol. The van der Waals surface area contributed by atoms with Gasteiger partial charge in [0.1, 0.15) is 11.6 Å². The summed E-state index contributed by atoms with van der Waals surface area (Å²) >= 11 is 0. The Kier molecular flexibility index (Phi) is 5.33. The highest BCUT2D eigenvalue weighted by atomic mass is 19.1. The Morgan fingerprint density at radius 1 is 1.38 bits per heavy atom. The summed E-state index contributed by atoms with van der Waals surface area (Å²) in [6.45, 7) is 5.68. The highest BCUT2D eigenvalue weighted by molar-refractivity contribution is 5.41. The predicted molar refractivity (Wildman–Crippen MR) is 81.0 cm³/mol. The van der Waals surface area contributed by atoms with Crippen LogP contribution in [0.4, 0.5) is 4.39 Å². The first-order valence-electron chi connectivity index (χ1n) is 7.29. The van der Waals surface area contributed by atoms with E-state index in [4.69, 9.17) is 4.74 Å². The third-order valence-corrected chi connectivity index (χ3v) is 3.43. The van der Waals surface area contributed by atoms with E-state index >= 15 is 0 Å². The number of halogens is 1. The van der Waals surface area contributed by atoms with Crippen LogP contribution < -0.4 is 10.1 Å². The van der Waals surface area contributed by atoms with Crippen molar-refractivity contribution < 1.29 is 9.13 Å². The molecule has 0 saturated heterocycles. The molecule has 1 heterocycles. The molecular weight excluding hydrogens is 269 g/mol. The molecule has 0 saturated carbocycles. The van der Waals surface area contributed by atoms with Gasteiger partial charge in [0.05, 0.1) is 24.9 Å². The maximum atomic E-state index is 14.3. The van der Waals surface area contributed by atoms with E-state index in [1.165, 1.54) is 6.07 Å². The van der Waals surface area contributed by atoms with E-state index in [9.17, 15) is 4.39 Å². The summed E-state index contributed by atoms with van der Waals surface area (Å²) in [6, 6.07) is 4.64. The molecule has 21 heavy (non-hydrogen) atoms. The highest BCUT2D eigenvalue weighted by Crippen LogP contribution is 2.32. The Balaban J connectivity index is 2.44. The summed E-state index contributed by atoms with van der Waals surface area (Å²) in [7, 11) is 1.56. The molecule has 0 radical (unpaired) electrons. The molecule has 0 aliphatic carbocycles. The molecule has 1 N–H and O–H groups in total. The van der Waals surface area contributed by atoms with Crippen LogP contribution in [0.2, 0.25) is 0 Å². The fourth-order valence-electron chi connectivity index (χ4n) is 2.35. The largest absolute Gasteiger partial charge is 0.496 e. The standard InChI is InChI=1S/C16H22FN3O/c1-4-9-18-16(12-10-19-20(5-2)11-12)15-13(17)7-6-8-14(15)21-3/h6-8,10-11,16,18H,4-5,9H2,1-3H3. The number of ether oxygens (including phenoxy) is 1. The molecule has 1 aromatic heterocycles. The number of aryl methyl sites for hydroxylation is 1. The minimum atomic E-state index is -0.271. The zero-order valence-corrected chi connectivity index (χ0v) is 12.8.